The van der Waals surface area contributed by atoms with Gasteiger partial charge in [0.15, 0.2) is 5.11 Å². The van der Waals surface area contributed by atoms with E-state index in [1.54, 1.807) is 0 Å². The quantitative estimate of drug-likeness (QED) is 0.439. The molecule has 0 rings (SSSR count). The van der Waals surface area contributed by atoms with Crippen LogP contribution in [0.2, 0.25) is 0 Å². The molecule has 0 aromatic rings. The number of nitrogens with zero attached hydrogens (tertiary/aromatic N) is 1. The minimum absolute atomic E-state index is 0.111. The van der Waals surface area contributed by atoms with Crippen LogP contribution in [0.15, 0.2) is 15.7 Å². The summed E-state index contributed by atoms with van der Waals surface area (Å²) in [5.74, 6) is 0. The van der Waals surface area contributed by atoms with Crippen molar-refractivity contribution < 1.29 is 0 Å². The zero-order valence-electron chi connectivity index (χ0n) is 6.47. The molecule has 0 aliphatic carbocycles. The number of hydrogen-bond acceptors (Lipinski definition) is 2. The molecule has 0 amide bonds. The predicted molar refractivity (Wildman–Crippen MR) is 57.4 cm³/mol. The SMILES string of the molecule is CC/C(C=C(Cl)Cl)=N/NC(N)=S. The second-order valence-corrected chi connectivity index (χ2v) is 3.31. The average Bonchev–Trinajstić information content (AvgIpc) is 1.97. The Morgan fingerprint density at radius 2 is 2.25 bits per heavy atom. The summed E-state index contributed by atoms with van der Waals surface area (Å²) in [6, 6.07) is 0. The van der Waals surface area contributed by atoms with Gasteiger partial charge in [-0.2, -0.15) is 5.10 Å². The normalized spacial score (nSPS) is 10.8. The molecule has 0 fully saturated rings. The Balaban J connectivity index is 4.24. The van der Waals surface area contributed by atoms with Gasteiger partial charge in [0.1, 0.15) is 4.49 Å². The van der Waals surface area contributed by atoms with Crippen molar-refractivity contribution in [1.29, 1.82) is 0 Å². The van der Waals surface area contributed by atoms with Crippen molar-refractivity contribution in [2.45, 2.75) is 13.3 Å². The van der Waals surface area contributed by atoms with Crippen LogP contribution in [-0.2, 0) is 0 Å². The van der Waals surface area contributed by atoms with E-state index in [1.807, 2.05) is 6.92 Å². The van der Waals surface area contributed by atoms with E-state index in [0.29, 0.717) is 12.1 Å². The van der Waals surface area contributed by atoms with Gasteiger partial charge in [-0.3, -0.25) is 5.43 Å². The van der Waals surface area contributed by atoms with Gasteiger partial charge in [0, 0.05) is 0 Å². The van der Waals surface area contributed by atoms with E-state index < -0.39 is 0 Å². The molecule has 68 valence electrons. The third-order valence-corrected chi connectivity index (χ3v) is 1.26. The average molecular weight is 226 g/mol. The summed E-state index contributed by atoms with van der Waals surface area (Å²) in [6.07, 6.45) is 2.22. The molecule has 0 radical (unpaired) electrons. The minimum Gasteiger partial charge on any atom is -0.375 e. The lowest BCUT2D eigenvalue weighted by Gasteiger charge is -1.98. The van der Waals surface area contributed by atoms with Crippen LogP contribution < -0.4 is 11.2 Å². The number of allylic oxidation sites excluding steroid dienone is 1. The maximum atomic E-state index is 5.42. The van der Waals surface area contributed by atoms with E-state index in [2.05, 4.69) is 22.7 Å². The fourth-order valence-corrected chi connectivity index (χ4v) is 0.764. The highest BCUT2D eigenvalue weighted by molar-refractivity contribution is 7.80. The molecule has 0 unspecified atom stereocenters. The maximum Gasteiger partial charge on any atom is 0.184 e. The molecule has 0 saturated carbocycles. The fraction of sp³-hybridized carbons (Fsp3) is 0.333. The van der Waals surface area contributed by atoms with Crippen molar-refractivity contribution >= 4 is 46.2 Å². The van der Waals surface area contributed by atoms with Crippen molar-refractivity contribution in [1.82, 2.24) is 5.43 Å². The van der Waals surface area contributed by atoms with Crippen molar-refractivity contribution in [3.63, 3.8) is 0 Å². The highest BCUT2D eigenvalue weighted by Gasteiger charge is 1.93. The van der Waals surface area contributed by atoms with Crippen LogP contribution in [0.5, 0.6) is 0 Å². The molecule has 0 heterocycles. The highest BCUT2D eigenvalue weighted by Crippen LogP contribution is 2.07. The molecule has 0 bridgehead atoms. The summed E-state index contributed by atoms with van der Waals surface area (Å²) in [7, 11) is 0. The minimum atomic E-state index is 0.111. The van der Waals surface area contributed by atoms with Crippen LogP contribution >= 0.6 is 35.4 Å². The summed E-state index contributed by atoms with van der Waals surface area (Å²) in [5.41, 5.74) is 8.27. The number of thiocarbonyl (C=S) groups is 1. The van der Waals surface area contributed by atoms with Crippen molar-refractivity contribution in [2.24, 2.45) is 10.8 Å². The summed E-state index contributed by atoms with van der Waals surface area (Å²) in [5, 5.41) is 3.95. The molecule has 0 aromatic heterocycles. The lowest BCUT2D eigenvalue weighted by atomic mass is 10.3. The monoisotopic (exact) mass is 225 g/mol. The smallest absolute Gasteiger partial charge is 0.184 e. The van der Waals surface area contributed by atoms with Gasteiger partial charge in [0.25, 0.3) is 0 Å². The number of hydrazone groups is 1. The summed E-state index contributed by atoms with van der Waals surface area (Å²) in [6.45, 7) is 1.91. The highest BCUT2D eigenvalue weighted by atomic mass is 35.5. The first-order valence-electron chi connectivity index (χ1n) is 3.21. The van der Waals surface area contributed by atoms with Gasteiger partial charge in [0.05, 0.1) is 5.71 Å². The van der Waals surface area contributed by atoms with Gasteiger partial charge in [-0.05, 0) is 24.7 Å². The maximum absolute atomic E-state index is 5.42. The first kappa shape index (κ1) is 11.7. The summed E-state index contributed by atoms with van der Waals surface area (Å²) in [4.78, 5) is 0. The lowest BCUT2D eigenvalue weighted by molar-refractivity contribution is 1.02. The molecule has 0 spiro atoms. The van der Waals surface area contributed by atoms with Crippen LogP contribution in [0.3, 0.4) is 0 Å². The zero-order chi connectivity index (χ0) is 9.56. The first-order valence-corrected chi connectivity index (χ1v) is 4.37. The predicted octanol–water partition coefficient (Wildman–Crippen LogP) is 1.90. The Morgan fingerprint density at radius 3 is 2.58 bits per heavy atom. The fourth-order valence-electron chi connectivity index (χ4n) is 0.466. The van der Waals surface area contributed by atoms with E-state index in [0.717, 1.165) is 0 Å². The zero-order valence-corrected chi connectivity index (χ0v) is 8.80. The Labute approximate surface area is 86.6 Å². The molecule has 0 aliphatic heterocycles. The molecular weight excluding hydrogens is 217 g/mol. The van der Waals surface area contributed by atoms with Crippen LogP contribution in [-0.4, -0.2) is 10.8 Å². The first-order chi connectivity index (χ1) is 5.56. The summed E-state index contributed by atoms with van der Waals surface area (Å²) >= 11 is 15.4. The van der Waals surface area contributed by atoms with Crippen LogP contribution in [0.1, 0.15) is 13.3 Å². The molecule has 6 heteroatoms. The molecule has 3 nitrogen and oxygen atoms in total. The molecule has 0 atom stereocenters. The molecular formula is C6H9Cl2N3S. The second-order valence-electron chi connectivity index (χ2n) is 1.87. The Hall–Kier alpha value is -0.320. The van der Waals surface area contributed by atoms with E-state index in [-0.39, 0.29) is 9.60 Å². The van der Waals surface area contributed by atoms with Gasteiger partial charge >= 0.3 is 0 Å². The van der Waals surface area contributed by atoms with E-state index in [9.17, 15) is 0 Å². The largest absolute Gasteiger partial charge is 0.375 e. The molecule has 3 N–H and O–H groups in total. The number of halogens is 2. The van der Waals surface area contributed by atoms with E-state index >= 15 is 0 Å². The van der Waals surface area contributed by atoms with Crippen molar-refractivity contribution in [3.05, 3.63) is 10.6 Å². The number of rotatable bonds is 3. The van der Waals surface area contributed by atoms with Gasteiger partial charge in [-0.15, -0.1) is 0 Å². The standard InChI is InChI=1S/C6H9Cl2N3S/c1-2-4(3-5(7)8)10-11-6(9)12/h3H,2H2,1H3,(H3,9,11,12)/b10-4-. The van der Waals surface area contributed by atoms with Gasteiger partial charge in [0.2, 0.25) is 0 Å². The van der Waals surface area contributed by atoms with Crippen LogP contribution in [0.4, 0.5) is 0 Å². The van der Waals surface area contributed by atoms with E-state index in [4.69, 9.17) is 28.9 Å². The van der Waals surface area contributed by atoms with Crippen molar-refractivity contribution in [2.75, 3.05) is 0 Å². The van der Waals surface area contributed by atoms with Crippen LogP contribution in [0, 0.1) is 0 Å². The Morgan fingerprint density at radius 1 is 1.67 bits per heavy atom. The Bertz CT molecular complexity index is 221. The topological polar surface area (TPSA) is 50.4 Å². The molecule has 0 saturated heterocycles. The molecule has 0 aliphatic rings. The van der Waals surface area contributed by atoms with Gasteiger partial charge < -0.3 is 5.73 Å². The molecule has 0 aromatic carbocycles. The van der Waals surface area contributed by atoms with Gasteiger partial charge in [-0.25, -0.2) is 0 Å². The van der Waals surface area contributed by atoms with E-state index in [1.165, 1.54) is 6.08 Å². The lowest BCUT2D eigenvalue weighted by Crippen LogP contribution is -2.25. The third-order valence-electron chi connectivity index (χ3n) is 0.948. The van der Waals surface area contributed by atoms with Crippen molar-refractivity contribution in [3.8, 4) is 0 Å². The van der Waals surface area contributed by atoms with Gasteiger partial charge in [-0.1, -0.05) is 30.1 Å². The Kier molecular flexibility index (Phi) is 6.06. The van der Waals surface area contributed by atoms with Crippen LogP contribution in [0.25, 0.3) is 0 Å². The second kappa shape index (κ2) is 6.22. The molecule has 12 heavy (non-hydrogen) atoms. The number of nitrogens with one attached hydrogen (secondary N) is 1. The number of hydrogen-bond donors (Lipinski definition) is 2. The summed E-state index contributed by atoms with van der Waals surface area (Å²) < 4.78 is 0.153. The third kappa shape index (κ3) is 6.39. The number of nitrogens with two attached hydrogens (primary N) is 1.